The van der Waals surface area contributed by atoms with E-state index < -0.39 is 5.97 Å². The van der Waals surface area contributed by atoms with Gasteiger partial charge in [-0.25, -0.2) is 9.78 Å². The fraction of sp³-hybridized carbons (Fsp3) is 0.0952. The molecule has 2 heterocycles. The molecule has 0 spiro atoms. The van der Waals surface area contributed by atoms with Crippen molar-refractivity contribution in [2.24, 2.45) is 0 Å². The molecule has 4 aromatic rings. The molecule has 1 N–H and O–H groups in total. The smallest absolute Gasteiger partial charge is 0.338 e. The molecule has 0 saturated heterocycles. The maximum Gasteiger partial charge on any atom is 0.338 e. The van der Waals surface area contributed by atoms with Gasteiger partial charge in [0.25, 0.3) is 5.91 Å². The molecule has 0 aliphatic carbocycles. The van der Waals surface area contributed by atoms with Crippen molar-refractivity contribution >= 4 is 39.1 Å². The average Bonchev–Trinajstić information content (AvgIpc) is 3.37. The molecule has 6 nitrogen and oxygen atoms in total. The minimum atomic E-state index is -0.415. The van der Waals surface area contributed by atoms with Crippen LogP contribution in [0, 0.1) is 0 Å². The van der Waals surface area contributed by atoms with Crippen LogP contribution in [0.4, 0.5) is 5.69 Å². The number of aromatic nitrogens is 2. The molecule has 0 bridgehead atoms. The maximum atomic E-state index is 12.7. The van der Waals surface area contributed by atoms with Gasteiger partial charge in [0.2, 0.25) is 0 Å². The van der Waals surface area contributed by atoms with Crippen LogP contribution in [0.3, 0.4) is 0 Å². The Morgan fingerprint density at radius 3 is 2.68 bits per heavy atom. The van der Waals surface area contributed by atoms with Gasteiger partial charge in [0.1, 0.15) is 0 Å². The molecular formula is C21H17N3O3S. The van der Waals surface area contributed by atoms with Gasteiger partial charge in [-0.2, -0.15) is 0 Å². The Morgan fingerprint density at radius 2 is 1.89 bits per heavy atom. The summed E-state index contributed by atoms with van der Waals surface area (Å²) < 4.78 is 7.86. The lowest BCUT2D eigenvalue weighted by molar-refractivity contribution is 0.0526. The number of anilines is 1. The van der Waals surface area contributed by atoms with Crippen molar-refractivity contribution < 1.29 is 14.3 Å². The minimum Gasteiger partial charge on any atom is -0.462 e. The summed E-state index contributed by atoms with van der Waals surface area (Å²) in [5.41, 5.74) is 2.30. The predicted octanol–water partition coefficient (Wildman–Crippen LogP) is 4.52. The van der Waals surface area contributed by atoms with Gasteiger partial charge < -0.3 is 14.6 Å². The molecule has 0 fully saturated rings. The van der Waals surface area contributed by atoms with Crippen LogP contribution in [-0.4, -0.2) is 28.0 Å². The van der Waals surface area contributed by atoms with Crippen molar-refractivity contribution in [2.45, 2.75) is 6.92 Å². The Bertz CT molecular complexity index is 1150. The number of benzene rings is 2. The quantitative estimate of drug-likeness (QED) is 0.508. The first-order valence-corrected chi connectivity index (χ1v) is 9.58. The highest BCUT2D eigenvalue weighted by Crippen LogP contribution is 2.26. The van der Waals surface area contributed by atoms with E-state index in [1.165, 1.54) is 11.3 Å². The van der Waals surface area contributed by atoms with Gasteiger partial charge in [-0.05, 0) is 55.5 Å². The van der Waals surface area contributed by atoms with Gasteiger partial charge in [0.05, 0.1) is 22.4 Å². The number of fused-ring (bicyclic) bond motifs is 1. The molecule has 2 aromatic heterocycles. The Hall–Kier alpha value is -3.45. The zero-order valence-corrected chi connectivity index (χ0v) is 15.9. The molecule has 7 heteroatoms. The van der Waals surface area contributed by atoms with Gasteiger partial charge in [0, 0.05) is 23.6 Å². The van der Waals surface area contributed by atoms with E-state index in [1.54, 1.807) is 37.3 Å². The van der Waals surface area contributed by atoms with E-state index in [0.717, 1.165) is 15.3 Å². The van der Waals surface area contributed by atoms with Crippen LogP contribution in [0.5, 0.6) is 0 Å². The van der Waals surface area contributed by atoms with Gasteiger partial charge in [-0.3, -0.25) is 4.79 Å². The molecule has 0 aliphatic rings. The number of nitrogens with one attached hydrogen (secondary N) is 1. The number of thiazole rings is 1. The first-order chi connectivity index (χ1) is 13.6. The highest BCUT2D eigenvalue weighted by atomic mass is 32.1. The third kappa shape index (κ3) is 3.65. The summed E-state index contributed by atoms with van der Waals surface area (Å²) in [7, 11) is 0. The van der Waals surface area contributed by atoms with E-state index in [-0.39, 0.29) is 5.91 Å². The standard InChI is InChI=1S/C21H17N3O3S/c1-2-27-20(26)15-6-5-7-16(12-15)22-19(25)14-8-9-17-18(13-14)28-21(23-17)24-10-3-4-11-24/h3-13H,2H2,1H3,(H,22,25). The Kier molecular flexibility index (Phi) is 4.90. The lowest BCUT2D eigenvalue weighted by Crippen LogP contribution is -2.12. The van der Waals surface area contributed by atoms with Crippen LogP contribution < -0.4 is 5.32 Å². The first kappa shape index (κ1) is 17.9. The van der Waals surface area contributed by atoms with Gasteiger partial charge >= 0.3 is 5.97 Å². The molecule has 0 radical (unpaired) electrons. The van der Waals surface area contributed by atoms with Crippen LogP contribution >= 0.6 is 11.3 Å². The minimum absolute atomic E-state index is 0.251. The fourth-order valence-electron chi connectivity index (χ4n) is 2.77. The highest BCUT2D eigenvalue weighted by Gasteiger charge is 2.12. The summed E-state index contributed by atoms with van der Waals surface area (Å²) in [4.78, 5) is 29.1. The monoisotopic (exact) mass is 391 g/mol. The number of hydrogen-bond donors (Lipinski definition) is 1. The third-order valence-electron chi connectivity index (χ3n) is 4.10. The topological polar surface area (TPSA) is 73.2 Å². The van der Waals surface area contributed by atoms with Gasteiger partial charge in [-0.15, -0.1) is 0 Å². The predicted molar refractivity (Wildman–Crippen MR) is 109 cm³/mol. The number of esters is 1. The van der Waals surface area contributed by atoms with E-state index >= 15 is 0 Å². The van der Waals surface area contributed by atoms with E-state index in [0.29, 0.717) is 23.4 Å². The number of amides is 1. The van der Waals surface area contributed by atoms with E-state index in [9.17, 15) is 9.59 Å². The number of carbonyl (C=O) groups excluding carboxylic acids is 2. The molecule has 140 valence electrons. The molecular weight excluding hydrogens is 374 g/mol. The second kappa shape index (κ2) is 7.66. The number of hydrogen-bond acceptors (Lipinski definition) is 5. The second-order valence-electron chi connectivity index (χ2n) is 6.02. The van der Waals surface area contributed by atoms with Crippen LogP contribution in [0.2, 0.25) is 0 Å². The van der Waals surface area contributed by atoms with Crippen LogP contribution in [0.1, 0.15) is 27.6 Å². The summed E-state index contributed by atoms with van der Waals surface area (Å²) in [5, 5.41) is 3.67. The van der Waals surface area contributed by atoms with Crippen molar-refractivity contribution in [3.05, 3.63) is 78.1 Å². The fourth-order valence-corrected chi connectivity index (χ4v) is 3.74. The van der Waals surface area contributed by atoms with Crippen molar-refractivity contribution in [3.63, 3.8) is 0 Å². The van der Waals surface area contributed by atoms with Crippen molar-refractivity contribution in [3.8, 4) is 5.13 Å². The normalized spacial score (nSPS) is 10.8. The summed E-state index contributed by atoms with van der Waals surface area (Å²) in [6.45, 7) is 2.05. The van der Waals surface area contributed by atoms with Crippen molar-refractivity contribution in [1.82, 2.24) is 9.55 Å². The summed E-state index contributed by atoms with van der Waals surface area (Å²) in [6, 6.07) is 16.0. The third-order valence-corrected chi connectivity index (χ3v) is 5.13. The zero-order chi connectivity index (χ0) is 19.5. The molecule has 0 saturated carbocycles. The SMILES string of the molecule is CCOC(=O)c1cccc(NC(=O)c2ccc3nc(-n4cccc4)sc3c2)c1. The first-order valence-electron chi connectivity index (χ1n) is 8.76. The zero-order valence-electron chi connectivity index (χ0n) is 15.1. The maximum absolute atomic E-state index is 12.7. The lowest BCUT2D eigenvalue weighted by atomic mass is 10.1. The largest absolute Gasteiger partial charge is 0.462 e. The number of rotatable bonds is 5. The number of ether oxygens (including phenoxy) is 1. The second-order valence-corrected chi connectivity index (χ2v) is 7.03. The molecule has 4 rings (SSSR count). The van der Waals surface area contributed by atoms with Crippen molar-refractivity contribution in [2.75, 3.05) is 11.9 Å². The molecule has 2 aromatic carbocycles. The lowest BCUT2D eigenvalue weighted by Gasteiger charge is -2.07. The average molecular weight is 391 g/mol. The molecule has 0 atom stereocenters. The summed E-state index contributed by atoms with van der Waals surface area (Å²) >= 11 is 1.52. The Labute approximate surface area is 165 Å². The number of nitrogens with zero attached hydrogens (tertiary/aromatic N) is 2. The van der Waals surface area contributed by atoms with Crippen molar-refractivity contribution in [1.29, 1.82) is 0 Å². The van der Waals surface area contributed by atoms with Crippen LogP contribution in [0.15, 0.2) is 67.0 Å². The molecule has 1 amide bonds. The summed E-state index contributed by atoms with van der Waals surface area (Å²) in [6.07, 6.45) is 3.86. The van der Waals surface area contributed by atoms with E-state index in [2.05, 4.69) is 10.3 Å². The molecule has 0 aliphatic heterocycles. The Morgan fingerprint density at radius 1 is 1.07 bits per heavy atom. The molecule has 0 unspecified atom stereocenters. The van der Waals surface area contributed by atoms with Gasteiger partial charge in [0.15, 0.2) is 5.13 Å². The highest BCUT2D eigenvalue weighted by molar-refractivity contribution is 7.20. The summed E-state index contributed by atoms with van der Waals surface area (Å²) in [5.74, 6) is -0.666. The van der Waals surface area contributed by atoms with Gasteiger partial charge in [-0.1, -0.05) is 17.4 Å². The van der Waals surface area contributed by atoms with E-state index in [4.69, 9.17) is 4.74 Å². The van der Waals surface area contributed by atoms with Crippen LogP contribution in [-0.2, 0) is 4.74 Å². The Balaban J connectivity index is 1.56. The van der Waals surface area contributed by atoms with Crippen LogP contribution in [0.25, 0.3) is 15.3 Å². The number of carbonyl (C=O) groups is 2. The molecule has 28 heavy (non-hydrogen) atoms. The van der Waals surface area contributed by atoms with E-state index in [1.807, 2.05) is 41.2 Å².